The third-order valence-corrected chi connectivity index (χ3v) is 1.45. The fraction of sp³-hybridized carbons (Fsp3) is 0.333. The van der Waals surface area contributed by atoms with Gasteiger partial charge in [0.05, 0.1) is 11.8 Å². The van der Waals surface area contributed by atoms with Gasteiger partial charge in [-0.05, 0) is 12.1 Å². The van der Waals surface area contributed by atoms with Crippen LogP contribution in [0.4, 0.5) is 0 Å². The van der Waals surface area contributed by atoms with E-state index in [1.807, 2.05) is 18.2 Å². The summed E-state index contributed by atoms with van der Waals surface area (Å²) in [5.41, 5.74) is 1.01. The Bertz CT molecular complexity index is 250. The summed E-state index contributed by atoms with van der Waals surface area (Å²) in [6, 6.07) is 7.87. The predicted molar refractivity (Wildman–Crippen MR) is 46.2 cm³/mol. The molecule has 0 saturated heterocycles. The predicted octanol–water partition coefficient (Wildman–Crippen LogP) is 1.08. The third kappa shape index (κ3) is 3.13. The molecule has 12 heavy (non-hydrogen) atoms. The normalized spacial score (nSPS) is 9.25. The number of aromatic nitrogens is 1. The van der Waals surface area contributed by atoms with Crippen molar-refractivity contribution in [3.05, 3.63) is 30.1 Å². The molecule has 1 aromatic rings. The molecule has 0 aliphatic heterocycles. The largest absolute Gasteiger partial charge is 0.310 e. The number of nitrogens with zero attached hydrogens (tertiary/aromatic N) is 2. The summed E-state index contributed by atoms with van der Waals surface area (Å²) < 4.78 is 0. The van der Waals surface area contributed by atoms with Gasteiger partial charge in [0.15, 0.2) is 0 Å². The van der Waals surface area contributed by atoms with Crippen molar-refractivity contribution < 1.29 is 0 Å². The van der Waals surface area contributed by atoms with Gasteiger partial charge in [-0.25, -0.2) is 0 Å². The highest BCUT2D eigenvalue weighted by Crippen LogP contribution is 1.91. The van der Waals surface area contributed by atoms with Gasteiger partial charge in [-0.2, -0.15) is 5.26 Å². The molecule has 0 amide bonds. The zero-order chi connectivity index (χ0) is 8.65. The van der Waals surface area contributed by atoms with Crippen LogP contribution < -0.4 is 5.32 Å². The Morgan fingerprint density at radius 3 is 3.08 bits per heavy atom. The lowest BCUT2D eigenvalue weighted by Crippen LogP contribution is -2.14. The van der Waals surface area contributed by atoms with Crippen LogP contribution in [-0.4, -0.2) is 11.5 Å². The van der Waals surface area contributed by atoms with Gasteiger partial charge in [0.1, 0.15) is 0 Å². The smallest absolute Gasteiger partial charge is 0.0635 e. The zero-order valence-corrected chi connectivity index (χ0v) is 6.83. The number of hydrogen-bond acceptors (Lipinski definition) is 3. The van der Waals surface area contributed by atoms with E-state index in [4.69, 9.17) is 5.26 Å². The van der Waals surface area contributed by atoms with Crippen molar-refractivity contribution in [3.8, 4) is 6.07 Å². The van der Waals surface area contributed by atoms with Crippen LogP contribution in [0.25, 0.3) is 0 Å². The van der Waals surface area contributed by atoms with E-state index in [0.717, 1.165) is 18.8 Å². The van der Waals surface area contributed by atoms with E-state index in [1.165, 1.54) is 0 Å². The van der Waals surface area contributed by atoms with Gasteiger partial charge >= 0.3 is 0 Å². The molecule has 3 nitrogen and oxygen atoms in total. The molecule has 1 aromatic heterocycles. The molecule has 0 bridgehead atoms. The fourth-order valence-corrected chi connectivity index (χ4v) is 0.863. The minimum Gasteiger partial charge on any atom is -0.310 e. The lowest BCUT2D eigenvalue weighted by atomic mass is 10.3. The summed E-state index contributed by atoms with van der Waals surface area (Å²) >= 11 is 0. The summed E-state index contributed by atoms with van der Waals surface area (Å²) in [4.78, 5) is 4.13. The summed E-state index contributed by atoms with van der Waals surface area (Å²) in [6.07, 6.45) is 2.31. The maximum atomic E-state index is 8.26. The van der Waals surface area contributed by atoms with Gasteiger partial charge in [0, 0.05) is 25.7 Å². The maximum Gasteiger partial charge on any atom is 0.0635 e. The Morgan fingerprint density at radius 2 is 2.42 bits per heavy atom. The summed E-state index contributed by atoms with van der Waals surface area (Å²) in [6.45, 7) is 1.47. The van der Waals surface area contributed by atoms with Crippen LogP contribution in [0.2, 0.25) is 0 Å². The molecule has 0 aliphatic carbocycles. The first kappa shape index (κ1) is 8.69. The second-order valence-electron chi connectivity index (χ2n) is 2.41. The zero-order valence-electron chi connectivity index (χ0n) is 6.83. The molecule has 0 atom stereocenters. The number of nitriles is 1. The third-order valence-electron chi connectivity index (χ3n) is 1.45. The first-order valence-corrected chi connectivity index (χ1v) is 3.91. The molecular formula is C9H11N3. The highest BCUT2D eigenvalue weighted by atomic mass is 14.9. The molecule has 0 spiro atoms. The van der Waals surface area contributed by atoms with Crippen molar-refractivity contribution in [1.29, 1.82) is 5.26 Å². The molecule has 0 unspecified atom stereocenters. The minimum atomic E-state index is 0.548. The van der Waals surface area contributed by atoms with Crippen molar-refractivity contribution >= 4 is 0 Å². The van der Waals surface area contributed by atoms with Gasteiger partial charge in [-0.15, -0.1) is 0 Å². The van der Waals surface area contributed by atoms with Gasteiger partial charge in [-0.3, -0.25) is 4.98 Å². The van der Waals surface area contributed by atoms with E-state index in [9.17, 15) is 0 Å². The summed E-state index contributed by atoms with van der Waals surface area (Å²) in [7, 11) is 0. The maximum absolute atomic E-state index is 8.26. The van der Waals surface area contributed by atoms with Crippen LogP contribution >= 0.6 is 0 Å². The van der Waals surface area contributed by atoms with Gasteiger partial charge in [0.25, 0.3) is 0 Å². The van der Waals surface area contributed by atoms with Crippen LogP contribution in [-0.2, 0) is 6.54 Å². The molecular weight excluding hydrogens is 150 g/mol. The highest BCUT2D eigenvalue weighted by Gasteiger charge is 1.90. The van der Waals surface area contributed by atoms with E-state index < -0.39 is 0 Å². The van der Waals surface area contributed by atoms with Crippen LogP contribution in [0.1, 0.15) is 12.1 Å². The van der Waals surface area contributed by atoms with Gasteiger partial charge in [-0.1, -0.05) is 6.07 Å². The van der Waals surface area contributed by atoms with Crippen molar-refractivity contribution in [3.63, 3.8) is 0 Å². The number of pyridine rings is 1. The Hall–Kier alpha value is -1.40. The molecule has 3 heteroatoms. The average Bonchev–Trinajstić information content (AvgIpc) is 2.14. The molecule has 62 valence electrons. The Labute approximate surface area is 72.1 Å². The SMILES string of the molecule is N#CCCNCc1ccccn1. The summed E-state index contributed by atoms with van der Waals surface area (Å²) in [5.74, 6) is 0. The van der Waals surface area contributed by atoms with Crippen molar-refractivity contribution in [1.82, 2.24) is 10.3 Å². The number of hydrogen-bond donors (Lipinski definition) is 1. The van der Waals surface area contributed by atoms with Crippen LogP contribution in [0, 0.1) is 11.3 Å². The number of rotatable bonds is 4. The van der Waals surface area contributed by atoms with Crippen molar-refractivity contribution in [2.24, 2.45) is 0 Å². The van der Waals surface area contributed by atoms with Crippen LogP contribution in [0.15, 0.2) is 24.4 Å². The molecule has 1 heterocycles. The Kier molecular flexibility index (Phi) is 3.82. The molecule has 0 saturated carbocycles. The van der Waals surface area contributed by atoms with E-state index in [-0.39, 0.29) is 0 Å². The summed E-state index contributed by atoms with van der Waals surface area (Å²) in [5, 5.41) is 11.4. The lowest BCUT2D eigenvalue weighted by Gasteiger charge is -1.99. The van der Waals surface area contributed by atoms with E-state index in [1.54, 1.807) is 6.20 Å². The van der Waals surface area contributed by atoms with Gasteiger partial charge < -0.3 is 5.32 Å². The Balaban J connectivity index is 2.21. The van der Waals surface area contributed by atoms with E-state index in [2.05, 4.69) is 16.4 Å². The van der Waals surface area contributed by atoms with E-state index >= 15 is 0 Å². The molecule has 0 radical (unpaired) electrons. The fourth-order valence-electron chi connectivity index (χ4n) is 0.863. The first-order chi connectivity index (χ1) is 5.93. The topological polar surface area (TPSA) is 48.7 Å². The average molecular weight is 161 g/mol. The second kappa shape index (κ2) is 5.28. The molecule has 0 aliphatic rings. The first-order valence-electron chi connectivity index (χ1n) is 3.91. The monoisotopic (exact) mass is 161 g/mol. The van der Waals surface area contributed by atoms with E-state index in [0.29, 0.717) is 6.42 Å². The minimum absolute atomic E-state index is 0.548. The van der Waals surface area contributed by atoms with Crippen LogP contribution in [0.5, 0.6) is 0 Å². The standard InChI is InChI=1S/C9H11N3/c10-5-3-6-11-8-9-4-1-2-7-12-9/h1-2,4,7,11H,3,6,8H2. The second-order valence-corrected chi connectivity index (χ2v) is 2.41. The molecule has 0 fully saturated rings. The van der Waals surface area contributed by atoms with Crippen molar-refractivity contribution in [2.45, 2.75) is 13.0 Å². The quantitative estimate of drug-likeness (QED) is 0.672. The Morgan fingerprint density at radius 1 is 1.50 bits per heavy atom. The highest BCUT2D eigenvalue weighted by molar-refractivity contribution is 5.02. The number of nitrogens with one attached hydrogen (secondary N) is 1. The molecule has 1 rings (SSSR count). The lowest BCUT2D eigenvalue weighted by molar-refractivity contribution is 0.686. The van der Waals surface area contributed by atoms with Crippen molar-refractivity contribution in [2.75, 3.05) is 6.54 Å². The molecule has 0 aromatic carbocycles. The van der Waals surface area contributed by atoms with Crippen LogP contribution in [0.3, 0.4) is 0 Å². The molecule has 1 N–H and O–H groups in total. The van der Waals surface area contributed by atoms with Gasteiger partial charge in [0.2, 0.25) is 0 Å².